The number of urea groups is 1. The van der Waals surface area contributed by atoms with Crippen molar-refractivity contribution in [3.05, 3.63) is 23.8 Å². The third kappa shape index (κ3) is 3.84. The molecular formula is C17H26N2O3. The standard InChI is InChI=1S/C17H26N2O3/c1-12(2)7-10-18-16(20)19-17(8-9-17)13-5-6-14(21-3)15(11-13)22-4/h5-6,11-12H,7-10H2,1-4H3,(H2,18,19,20). The molecule has 0 radical (unpaired) electrons. The van der Waals surface area contributed by atoms with Crippen LogP contribution in [0.2, 0.25) is 0 Å². The van der Waals surface area contributed by atoms with Gasteiger partial charge in [0.15, 0.2) is 11.5 Å². The summed E-state index contributed by atoms with van der Waals surface area (Å²) in [4.78, 5) is 12.1. The molecule has 1 aromatic carbocycles. The molecule has 1 aliphatic carbocycles. The van der Waals surface area contributed by atoms with Crippen LogP contribution in [0.25, 0.3) is 0 Å². The largest absolute Gasteiger partial charge is 0.493 e. The summed E-state index contributed by atoms with van der Waals surface area (Å²) in [5.41, 5.74) is 0.797. The summed E-state index contributed by atoms with van der Waals surface area (Å²) < 4.78 is 10.6. The molecule has 122 valence electrons. The summed E-state index contributed by atoms with van der Waals surface area (Å²) in [6.45, 7) is 4.99. The zero-order valence-corrected chi connectivity index (χ0v) is 13.9. The Morgan fingerprint density at radius 3 is 2.45 bits per heavy atom. The molecule has 2 rings (SSSR count). The number of rotatable bonds is 7. The molecule has 0 saturated heterocycles. The maximum atomic E-state index is 12.1. The molecule has 1 aromatic rings. The molecule has 2 amide bonds. The van der Waals surface area contributed by atoms with Gasteiger partial charge in [0.2, 0.25) is 0 Å². The SMILES string of the molecule is COc1ccc(C2(NC(=O)NCCC(C)C)CC2)cc1OC. The zero-order valence-electron chi connectivity index (χ0n) is 13.9. The van der Waals surface area contributed by atoms with E-state index in [1.54, 1.807) is 14.2 Å². The average Bonchev–Trinajstić information content (AvgIpc) is 3.26. The number of hydrogen-bond acceptors (Lipinski definition) is 3. The average molecular weight is 306 g/mol. The third-order valence-corrected chi connectivity index (χ3v) is 4.05. The fourth-order valence-electron chi connectivity index (χ4n) is 2.48. The van der Waals surface area contributed by atoms with Crippen LogP contribution in [0.1, 0.15) is 38.7 Å². The highest BCUT2D eigenvalue weighted by molar-refractivity contribution is 5.75. The van der Waals surface area contributed by atoms with Crippen molar-refractivity contribution in [3.8, 4) is 11.5 Å². The number of hydrogen-bond donors (Lipinski definition) is 2. The van der Waals surface area contributed by atoms with E-state index in [0.717, 1.165) is 24.8 Å². The fraction of sp³-hybridized carbons (Fsp3) is 0.588. The Bertz CT molecular complexity index is 525. The van der Waals surface area contributed by atoms with Crippen molar-refractivity contribution in [1.29, 1.82) is 0 Å². The Balaban J connectivity index is 2.00. The Hall–Kier alpha value is -1.91. The van der Waals surface area contributed by atoms with Gasteiger partial charge >= 0.3 is 6.03 Å². The molecule has 0 bridgehead atoms. The van der Waals surface area contributed by atoms with E-state index in [9.17, 15) is 4.79 Å². The maximum absolute atomic E-state index is 12.1. The predicted octanol–water partition coefficient (Wildman–Crippen LogP) is 3.04. The highest BCUT2D eigenvalue weighted by atomic mass is 16.5. The van der Waals surface area contributed by atoms with Crippen LogP contribution in [-0.2, 0) is 5.54 Å². The van der Waals surface area contributed by atoms with Crippen molar-refractivity contribution in [2.45, 2.75) is 38.6 Å². The molecule has 0 unspecified atom stereocenters. The number of nitrogens with one attached hydrogen (secondary N) is 2. The molecule has 1 fully saturated rings. The summed E-state index contributed by atoms with van der Waals surface area (Å²) in [6.07, 6.45) is 2.87. The first-order valence-electron chi connectivity index (χ1n) is 7.79. The van der Waals surface area contributed by atoms with Gasteiger partial charge in [-0.05, 0) is 42.9 Å². The second kappa shape index (κ2) is 6.90. The molecule has 0 spiro atoms. The van der Waals surface area contributed by atoms with Crippen LogP contribution in [-0.4, -0.2) is 26.8 Å². The summed E-state index contributed by atoms with van der Waals surface area (Å²) in [5, 5.41) is 6.02. The van der Waals surface area contributed by atoms with Crippen LogP contribution in [0.3, 0.4) is 0 Å². The molecule has 0 atom stereocenters. The molecule has 5 heteroatoms. The zero-order chi connectivity index (χ0) is 16.2. The second-order valence-corrected chi connectivity index (χ2v) is 6.22. The van der Waals surface area contributed by atoms with Gasteiger partial charge in [0, 0.05) is 6.54 Å². The maximum Gasteiger partial charge on any atom is 0.315 e. The number of carbonyl (C=O) groups excluding carboxylic acids is 1. The Labute approximate surface area is 132 Å². The van der Waals surface area contributed by atoms with Gasteiger partial charge < -0.3 is 20.1 Å². The van der Waals surface area contributed by atoms with Gasteiger partial charge in [-0.1, -0.05) is 19.9 Å². The van der Waals surface area contributed by atoms with Gasteiger partial charge in [0.25, 0.3) is 0 Å². The van der Waals surface area contributed by atoms with Crippen molar-refractivity contribution in [2.75, 3.05) is 20.8 Å². The lowest BCUT2D eigenvalue weighted by Crippen LogP contribution is -2.42. The first kappa shape index (κ1) is 16.5. The van der Waals surface area contributed by atoms with Gasteiger partial charge in [-0.25, -0.2) is 4.79 Å². The van der Waals surface area contributed by atoms with E-state index in [-0.39, 0.29) is 11.6 Å². The number of amides is 2. The summed E-state index contributed by atoms with van der Waals surface area (Å²) in [7, 11) is 3.23. The van der Waals surface area contributed by atoms with Gasteiger partial charge in [0.1, 0.15) is 0 Å². The Morgan fingerprint density at radius 1 is 1.23 bits per heavy atom. The van der Waals surface area contributed by atoms with E-state index in [1.807, 2.05) is 18.2 Å². The minimum Gasteiger partial charge on any atom is -0.493 e. The first-order valence-corrected chi connectivity index (χ1v) is 7.79. The van der Waals surface area contributed by atoms with Crippen LogP contribution >= 0.6 is 0 Å². The van der Waals surface area contributed by atoms with E-state index >= 15 is 0 Å². The number of benzene rings is 1. The van der Waals surface area contributed by atoms with E-state index in [1.165, 1.54) is 0 Å². The molecule has 0 aliphatic heterocycles. The van der Waals surface area contributed by atoms with Crippen LogP contribution in [0.15, 0.2) is 18.2 Å². The summed E-state index contributed by atoms with van der Waals surface area (Å²) in [6, 6.07) is 5.71. The summed E-state index contributed by atoms with van der Waals surface area (Å²) in [5.74, 6) is 1.97. The molecular weight excluding hydrogens is 280 g/mol. The van der Waals surface area contributed by atoms with Gasteiger partial charge in [-0.15, -0.1) is 0 Å². The van der Waals surface area contributed by atoms with Crippen molar-refractivity contribution in [2.24, 2.45) is 5.92 Å². The minimum atomic E-state index is -0.262. The van der Waals surface area contributed by atoms with Gasteiger partial charge in [-0.3, -0.25) is 0 Å². The normalized spacial score (nSPS) is 15.3. The lowest BCUT2D eigenvalue weighted by Gasteiger charge is -2.20. The third-order valence-electron chi connectivity index (χ3n) is 4.05. The van der Waals surface area contributed by atoms with Crippen LogP contribution in [0.4, 0.5) is 4.79 Å². The Morgan fingerprint density at radius 2 is 1.91 bits per heavy atom. The predicted molar refractivity (Wildman–Crippen MR) is 86.4 cm³/mol. The first-order chi connectivity index (χ1) is 10.5. The monoisotopic (exact) mass is 306 g/mol. The lowest BCUT2D eigenvalue weighted by molar-refractivity contribution is 0.235. The highest BCUT2D eigenvalue weighted by Gasteiger charge is 2.46. The van der Waals surface area contributed by atoms with E-state index in [4.69, 9.17) is 9.47 Å². The van der Waals surface area contributed by atoms with Crippen molar-refractivity contribution < 1.29 is 14.3 Å². The Kier molecular flexibility index (Phi) is 5.16. The molecule has 1 aliphatic rings. The van der Waals surface area contributed by atoms with Crippen LogP contribution in [0.5, 0.6) is 11.5 Å². The minimum absolute atomic E-state index is 0.104. The van der Waals surface area contributed by atoms with Gasteiger partial charge in [-0.2, -0.15) is 0 Å². The van der Waals surface area contributed by atoms with E-state index in [2.05, 4.69) is 24.5 Å². The number of carbonyl (C=O) groups is 1. The quantitative estimate of drug-likeness (QED) is 0.814. The highest BCUT2D eigenvalue weighted by Crippen LogP contribution is 2.47. The van der Waals surface area contributed by atoms with Crippen molar-refractivity contribution in [1.82, 2.24) is 10.6 Å². The molecule has 1 saturated carbocycles. The van der Waals surface area contributed by atoms with E-state index in [0.29, 0.717) is 24.0 Å². The smallest absolute Gasteiger partial charge is 0.315 e. The summed E-state index contributed by atoms with van der Waals surface area (Å²) >= 11 is 0. The lowest BCUT2D eigenvalue weighted by atomic mass is 10.0. The van der Waals surface area contributed by atoms with Crippen LogP contribution in [0, 0.1) is 5.92 Å². The topological polar surface area (TPSA) is 59.6 Å². The van der Waals surface area contributed by atoms with Crippen LogP contribution < -0.4 is 20.1 Å². The number of methoxy groups -OCH3 is 2. The molecule has 2 N–H and O–H groups in total. The van der Waals surface area contributed by atoms with Gasteiger partial charge in [0.05, 0.1) is 19.8 Å². The second-order valence-electron chi connectivity index (χ2n) is 6.22. The molecule has 5 nitrogen and oxygen atoms in total. The molecule has 0 heterocycles. The molecule has 22 heavy (non-hydrogen) atoms. The van der Waals surface area contributed by atoms with Crippen molar-refractivity contribution >= 4 is 6.03 Å². The van der Waals surface area contributed by atoms with Crippen molar-refractivity contribution in [3.63, 3.8) is 0 Å². The van der Waals surface area contributed by atoms with E-state index < -0.39 is 0 Å². The fourth-order valence-corrected chi connectivity index (χ4v) is 2.48. The number of ether oxygens (including phenoxy) is 2. The molecule has 0 aromatic heterocycles.